The number of hydrogen-bond donors (Lipinski definition) is 1. The van der Waals surface area contributed by atoms with Gasteiger partial charge in [-0.25, -0.2) is 4.39 Å². The van der Waals surface area contributed by atoms with Crippen LogP contribution in [0, 0.1) is 17.1 Å². The van der Waals surface area contributed by atoms with E-state index in [0.29, 0.717) is 22.7 Å². The Morgan fingerprint density at radius 2 is 2.05 bits per heavy atom. The van der Waals surface area contributed by atoms with Gasteiger partial charge in [0.2, 0.25) is 0 Å². The number of nitrogens with one attached hydrogen (secondary N) is 1. The summed E-state index contributed by atoms with van der Waals surface area (Å²) in [4.78, 5) is 0. The van der Waals surface area contributed by atoms with Gasteiger partial charge in [0.05, 0.1) is 11.6 Å². The molecule has 1 atom stereocenters. The molecule has 0 aliphatic heterocycles. The second kappa shape index (κ2) is 6.51. The van der Waals surface area contributed by atoms with Crippen molar-refractivity contribution in [2.45, 2.75) is 19.5 Å². The van der Waals surface area contributed by atoms with Crippen LogP contribution in [0.25, 0.3) is 0 Å². The first kappa shape index (κ1) is 14.5. The van der Waals surface area contributed by atoms with Crippen LogP contribution >= 0.6 is 11.6 Å². The third kappa shape index (κ3) is 3.36. The number of nitriles is 1. The van der Waals surface area contributed by atoms with Gasteiger partial charge in [0.25, 0.3) is 0 Å². The highest BCUT2D eigenvalue weighted by molar-refractivity contribution is 6.31. The Hall–Kier alpha value is -1.89. The molecule has 0 fully saturated rings. The first-order chi connectivity index (χ1) is 9.61. The molecule has 4 heteroatoms. The minimum Gasteiger partial charge on any atom is -0.306 e. The largest absolute Gasteiger partial charge is 0.306 e. The van der Waals surface area contributed by atoms with Crippen molar-refractivity contribution >= 4 is 11.6 Å². The van der Waals surface area contributed by atoms with Gasteiger partial charge in [0.15, 0.2) is 0 Å². The van der Waals surface area contributed by atoms with Crippen LogP contribution in [0.5, 0.6) is 0 Å². The third-order valence-corrected chi connectivity index (χ3v) is 3.50. The molecule has 0 heterocycles. The molecule has 0 aromatic heterocycles. The van der Waals surface area contributed by atoms with E-state index in [4.69, 9.17) is 16.9 Å². The lowest BCUT2D eigenvalue weighted by Crippen LogP contribution is -2.19. The number of benzene rings is 2. The Morgan fingerprint density at radius 3 is 2.70 bits per heavy atom. The van der Waals surface area contributed by atoms with E-state index in [1.165, 1.54) is 6.07 Å². The van der Waals surface area contributed by atoms with Crippen molar-refractivity contribution in [2.75, 3.05) is 0 Å². The minimum atomic E-state index is -0.224. The predicted octanol–water partition coefficient (Wildman–Crippen LogP) is 4.20. The second-order valence-electron chi connectivity index (χ2n) is 4.54. The van der Waals surface area contributed by atoms with E-state index in [-0.39, 0.29) is 11.9 Å². The van der Waals surface area contributed by atoms with Gasteiger partial charge in [-0.3, -0.25) is 0 Å². The van der Waals surface area contributed by atoms with Crippen molar-refractivity contribution in [1.29, 1.82) is 5.26 Å². The van der Waals surface area contributed by atoms with Crippen LogP contribution in [-0.2, 0) is 6.54 Å². The molecule has 0 saturated heterocycles. The third-order valence-electron chi connectivity index (χ3n) is 3.15. The standard InChI is InChI=1S/C16H14ClFN2/c1-11(14-4-2-3-5-16(14)18)20-10-13-7-6-12(9-19)8-15(13)17/h2-8,11,20H,10H2,1H3/t11-/m1/s1. The summed E-state index contributed by atoms with van der Waals surface area (Å²) in [6.07, 6.45) is 0. The van der Waals surface area contributed by atoms with Crippen LogP contribution in [0.4, 0.5) is 4.39 Å². The van der Waals surface area contributed by atoms with Crippen LogP contribution < -0.4 is 5.32 Å². The van der Waals surface area contributed by atoms with E-state index >= 15 is 0 Å². The minimum absolute atomic E-state index is 0.122. The van der Waals surface area contributed by atoms with Crippen LogP contribution in [0.1, 0.15) is 29.7 Å². The van der Waals surface area contributed by atoms with Crippen LogP contribution in [0.15, 0.2) is 42.5 Å². The Labute approximate surface area is 122 Å². The van der Waals surface area contributed by atoms with Crippen molar-refractivity contribution in [3.05, 3.63) is 70.0 Å². The van der Waals surface area contributed by atoms with Gasteiger partial charge in [-0.05, 0) is 30.7 Å². The quantitative estimate of drug-likeness (QED) is 0.915. The summed E-state index contributed by atoms with van der Waals surface area (Å²) in [5.74, 6) is -0.224. The highest BCUT2D eigenvalue weighted by atomic mass is 35.5. The van der Waals surface area contributed by atoms with Gasteiger partial charge in [-0.2, -0.15) is 5.26 Å². The maximum absolute atomic E-state index is 13.6. The van der Waals surface area contributed by atoms with Gasteiger partial charge in [-0.15, -0.1) is 0 Å². The van der Waals surface area contributed by atoms with Crippen molar-refractivity contribution in [3.8, 4) is 6.07 Å². The van der Waals surface area contributed by atoms with Crippen LogP contribution in [0.2, 0.25) is 5.02 Å². The van der Waals surface area contributed by atoms with Gasteiger partial charge >= 0.3 is 0 Å². The number of nitrogens with zero attached hydrogens (tertiary/aromatic N) is 1. The van der Waals surface area contributed by atoms with Crippen LogP contribution in [0.3, 0.4) is 0 Å². The van der Waals surface area contributed by atoms with E-state index in [9.17, 15) is 4.39 Å². The van der Waals surface area contributed by atoms with E-state index in [1.54, 1.807) is 24.3 Å². The fraction of sp³-hybridized carbons (Fsp3) is 0.188. The summed E-state index contributed by atoms with van der Waals surface area (Å²) in [6, 6.07) is 13.8. The molecular formula is C16H14ClFN2. The summed E-state index contributed by atoms with van der Waals surface area (Å²) in [6.45, 7) is 2.41. The molecular weight excluding hydrogens is 275 g/mol. The zero-order chi connectivity index (χ0) is 14.5. The SMILES string of the molecule is C[C@@H](NCc1ccc(C#N)cc1Cl)c1ccccc1F. The Morgan fingerprint density at radius 1 is 1.30 bits per heavy atom. The van der Waals surface area contributed by atoms with Gasteiger partial charge in [-0.1, -0.05) is 35.9 Å². The molecule has 1 N–H and O–H groups in total. The lowest BCUT2D eigenvalue weighted by Gasteiger charge is -2.15. The topological polar surface area (TPSA) is 35.8 Å². The molecule has 0 bridgehead atoms. The molecule has 0 spiro atoms. The fourth-order valence-electron chi connectivity index (χ4n) is 1.96. The number of hydrogen-bond acceptors (Lipinski definition) is 2. The molecule has 2 aromatic carbocycles. The number of rotatable bonds is 4. The lowest BCUT2D eigenvalue weighted by atomic mass is 10.1. The van der Waals surface area contributed by atoms with Gasteiger partial charge < -0.3 is 5.32 Å². The van der Waals surface area contributed by atoms with Gasteiger partial charge in [0.1, 0.15) is 5.82 Å². The van der Waals surface area contributed by atoms with Crippen molar-refractivity contribution < 1.29 is 4.39 Å². The molecule has 2 aromatic rings. The first-order valence-corrected chi connectivity index (χ1v) is 6.66. The normalized spacial score (nSPS) is 11.9. The van der Waals surface area contributed by atoms with Crippen LogP contribution in [-0.4, -0.2) is 0 Å². The average molecular weight is 289 g/mol. The first-order valence-electron chi connectivity index (χ1n) is 6.28. The highest BCUT2D eigenvalue weighted by Gasteiger charge is 2.10. The number of halogens is 2. The van der Waals surface area contributed by atoms with Gasteiger partial charge in [0, 0.05) is 23.2 Å². The summed E-state index contributed by atoms with van der Waals surface area (Å²) < 4.78 is 13.6. The second-order valence-corrected chi connectivity index (χ2v) is 4.95. The molecule has 20 heavy (non-hydrogen) atoms. The van der Waals surface area contributed by atoms with Crippen molar-refractivity contribution in [1.82, 2.24) is 5.32 Å². The summed E-state index contributed by atoms with van der Waals surface area (Å²) in [7, 11) is 0. The highest BCUT2D eigenvalue weighted by Crippen LogP contribution is 2.20. The van der Waals surface area contributed by atoms with E-state index in [2.05, 4.69) is 5.32 Å². The summed E-state index contributed by atoms with van der Waals surface area (Å²) in [5, 5.41) is 12.6. The Kier molecular flexibility index (Phi) is 4.73. The molecule has 2 nitrogen and oxygen atoms in total. The monoisotopic (exact) mass is 288 g/mol. The van der Waals surface area contributed by atoms with E-state index in [0.717, 1.165) is 5.56 Å². The Balaban J connectivity index is 2.06. The molecule has 0 unspecified atom stereocenters. The Bertz CT molecular complexity index is 649. The molecule has 102 valence electrons. The molecule has 0 aliphatic carbocycles. The maximum Gasteiger partial charge on any atom is 0.127 e. The molecule has 0 amide bonds. The van der Waals surface area contributed by atoms with Crippen molar-refractivity contribution in [2.24, 2.45) is 0 Å². The summed E-state index contributed by atoms with van der Waals surface area (Å²) >= 11 is 6.10. The lowest BCUT2D eigenvalue weighted by molar-refractivity contribution is 0.528. The molecule has 0 radical (unpaired) electrons. The zero-order valence-electron chi connectivity index (χ0n) is 11.0. The smallest absolute Gasteiger partial charge is 0.127 e. The van der Waals surface area contributed by atoms with Crippen molar-refractivity contribution in [3.63, 3.8) is 0 Å². The zero-order valence-corrected chi connectivity index (χ0v) is 11.8. The molecule has 0 saturated carbocycles. The average Bonchev–Trinajstić information content (AvgIpc) is 2.46. The molecule has 2 rings (SSSR count). The maximum atomic E-state index is 13.6. The molecule has 0 aliphatic rings. The van der Waals surface area contributed by atoms with E-state index in [1.807, 2.05) is 25.1 Å². The fourth-order valence-corrected chi connectivity index (χ4v) is 2.21. The predicted molar refractivity (Wildman–Crippen MR) is 77.8 cm³/mol. The van der Waals surface area contributed by atoms with E-state index < -0.39 is 0 Å². The summed E-state index contributed by atoms with van der Waals surface area (Å²) in [5.41, 5.74) is 2.03.